The van der Waals surface area contributed by atoms with Crippen molar-refractivity contribution in [2.24, 2.45) is 0 Å². The fraction of sp³-hybridized carbons (Fsp3) is 0.357. The average molecular weight is 508 g/mol. The first-order valence-corrected chi connectivity index (χ1v) is 12.4. The summed E-state index contributed by atoms with van der Waals surface area (Å²) in [7, 11) is 0. The van der Waals surface area contributed by atoms with Crippen molar-refractivity contribution in [2.45, 2.75) is 59.2 Å². The second-order valence-electron chi connectivity index (χ2n) is 8.67. The number of aromatic nitrogens is 2. The summed E-state index contributed by atoms with van der Waals surface area (Å²) in [6.07, 6.45) is 2.40. The molecule has 1 aromatic heterocycles. The van der Waals surface area contributed by atoms with Crippen molar-refractivity contribution in [1.29, 1.82) is 0 Å². The Hall–Kier alpha value is -3.98. The molecular weight excluding hydrogens is 474 g/mol. The van der Waals surface area contributed by atoms with Gasteiger partial charge >= 0.3 is 11.9 Å². The van der Waals surface area contributed by atoms with E-state index >= 15 is 0 Å². The molecule has 9 heteroatoms. The highest BCUT2D eigenvalue weighted by Crippen LogP contribution is 2.25. The standard InChI is InChI=1S/C28H33N3O6/c1-4-6-11-24-30-23(17-32)25(26(33)29-18(3)28(36)37-5-2)31(24)16-19-12-14-20(15-13-19)21-9-7-8-10-22(21)27(34)35/h7-10,12-15,18,32H,4-6,11,16-17H2,1-3H3,(H,29,33)(H,34,35)/t18-/m0/s1. The summed E-state index contributed by atoms with van der Waals surface area (Å²) in [6.45, 7) is 5.38. The van der Waals surface area contributed by atoms with E-state index < -0.39 is 30.5 Å². The zero-order valence-electron chi connectivity index (χ0n) is 21.4. The Morgan fingerprint density at radius 2 is 1.78 bits per heavy atom. The van der Waals surface area contributed by atoms with Gasteiger partial charge in [-0.3, -0.25) is 4.79 Å². The average Bonchev–Trinajstić information content (AvgIpc) is 3.25. The van der Waals surface area contributed by atoms with Gasteiger partial charge in [0, 0.05) is 13.0 Å². The van der Waals surface area contributed by atoms with Crippen LogP contribution in [0.15, 0.2) is 48.5 Å². The number of esters is 1. The largest absolute Gasteiger partial charge is 0.478 e. The molecule has 3 rings (SSSR count). The molecule has 37 heavy (non-hydrogen) atoms. The predicted molar refractivity (Wildman–Crippen MR) is 138 cm³/mol. The topological polar surface area (TPSA) is 131 Å². The lowest BCUT2D eigenvalue weighted by molar-refractivity contribution is -0.144. The molecule has 0 aliphatic heterocycles. The molecule has 0 aliphatic rings. The molecule has 0 fully saturated rings. The fourth-order valence-electron chi connectivity index (χ4n) is 4.10. The number of nitrogens with zero attached hydrogens (tertiary/aromatic N) is 2. The number of imidazole rings is 1. The third-order valence-corrected chi connectivity index (χ3v) is 5.99. The smallest absolute Gasteiger partial charge is 0.336 e. The van der Waals surface area contributed by atoms with Gasteiger partial charge in [-0.05, 0) is 43.0 Å². The van der Waals surface area contributed by atoms with Crippen LogP contribution in [0, 0.1) is 0 Å². The highest BCUT2D eigenvalue weighted by molar-refractivity contribution is 5.97. The Bertz CT molecular complexity index is 1250. The quantitative estimate of drug-likeness (QED) is 0.318. The first-order valence-electron chi connectivity index (χ1n) is 12.4. The molecule has 0 aliphatic carbocycles. The Kier molecular flexibility index (Phi) is 9.57. The summed E-state index contributed by atoms with van der Waals surface area (Å²) in [6, 6.07) is 13.4. The van der Waals surface area contributed by atoms with E-state index in [-0.39, 0.29) is 23.6 Å². The SMILES string of the molecule is CCCCc1nc(CO)c(C(=O)N[C@@H](C)C(=O)OCC)n1Cc1ccc(-c2ccccc2C(=O)O)cc1. The van der Waals surface area contributed by atoms with Gasteiger partial charge in [0.05, 0.1) is 24.5 Å². The summed E-state index contributed by atoms with van der Waals surface area (Å²) in [5, 5.41) is 22.1. The van der Waals surface area contributed by atoms with Gasteiger partial charge in [0.25, 0.3) is 5.91 Å². The van der Waals surface area contributed by atoms with Crippen LogP contribution >= 0.6 is 0 Å². The van der Waals surface area contributed by atoms with Crippen LogP contribution in [0.1, 0.15) is 71.5 Å². The predicted octanol–water partition coefficient (Wildman–Crippen LogP) is 3.81. The molecule has 2 aromatic carbocycles. The number of amides is 1. The van der Waals surface area contributed by atoms with E-state index in [4.69, 9.17) is 4.74 Å². The third-order valence-electron chi connectivity index (χ3n) is 5.99. The van der Waals surface area contributed by atoms with Crippen LogP contribution in [-0.2, 0) is 29.1 Å². The van der Waals surface area contributed by atoms with Crippen molar-refractivity contribution < 1.29 is 29.3 Å². The van der Waals surface area contributed by atoms with Crippen molar-refractivity contribution in [3.05, 3.63) is 76.9 Å². The number of hydrogen-bond acceptors (Lipinski definition) is 6. The van der Waals surface area contributed by atoms with Gasteiger partial charge < -0.3 is 24.8 Å². The van der Waals surface area contributed by atoms with Crippen LogP contribution < -0.4 is 5.32 Å². The lowest BCUT2D eigenvalue weighted by Gasteiger charge is -2.16. The Balaban J connectivity index is 1.95. The number of carbonyl (C=O) groups excluding carboxylic acids is 2. The molecule has 0 saturated heterocycles. The lowest BCUT2D eigenvalue weighted by Crippen LogP contribution is -2.40. The van der Waals surface area contributed by atoms with E-state index in [1.807, 2.05) is 24.3 Å². The van der Waals surface area contributed by atoms with Crippen LogP contribution in [-0.4, -0.2) is 50.3 Å². The molecule has 3 aromatic rings. The summed E-state index contributed by atoms with van der Waals surface area (Å²) in [4.78, 5) is 41.4. The van der Waals surface area contributed by atoms with Crippen molar-refractivity contribution in [1.82, 2.24) is 14.9 Å². The Morgan fingerprint density at radius 3 is 2.41 bits per heavy atom. The molecule has 0 radical (unpaired) electrons. The summed E-state index contributed by atoms with van der Waals surface area (Å²) in [5.74, 6) is -1.40. The number of hydrogen-bond donors (Lipinski definition) is 3. The van der Waals surface area contributed by atoms with E-state index in [1.54, 1.807) is 42.7 Å². The van der Waals surface area contributed by atoms with E-state index in [1.165, 1.54) is 0 Å². The maximum Gasteiger partial charge on any atom is 0.336 e. The zero-order chi connectivity index (χ0) is 26.9. The number of aryl methyl sites for hydroxylation is 1. The number of benzene rings is 2. The second kappa shape index (κ2) is 12.8. The van der Waals surface area contributed by atoms with Crippen LogP contribution in [0.3, 0.4) is 0 Å². The number of aromatic carboxylic acids is 1. The summed E-state index contributed by atoms with van der Waals surface area (Å²) in [5.41, 5.74) is 2.90. The Labute approximate surface area is 216 Å². The van der Waals surface area contributed by atoms with Crippen LogP contribution in [0.2, 0.25) is 0 Å². The van der Waals surface area contributed by atoms with Crippen LogP contribution in [0.25, 0.3) is 11.1 Å². The van der Waals surface area contributed by atoms with Crippen molar-refractivity contribution >= 4 is 17.8 Å². The molecule has 9 nitrogen and oxygen atoms in total. The number of carboxylic acid groups (broad SMARTS) is 1. The maximum absolute atomic E-state index is 13.2. The highest BCUT2D eigenvalue weighted by Gasteiger charge is 2.26. The zero-order valence-corrected chi connectivity index (χ0v) is 21.4. The minimum absolute atomic E-state index is 0.199. The molecule has 0 unspecified atom stereocenters. The van der Waals surface area contributed by atoms with E-state index in [0.717, 1.165) is 24.0 Å². The Morgan fingerprint density at radius 1 is 1.08 bits per heavy atom. The molecule has 1 atom stereocenters. The van der Waals surface area contributed by atoms with E-state index in [9.17, 15) is 24.6 Å². The van der Waals surface area contributed by atoms with Crippen LogP contribution in [0.4, 0.5) is 0 Å². The molecule has 0 saturated carbocycles. The molecular formula is C28H33N3O6. The molecule has 0 bridgehead atoms. The molecule has 1 amide bonds. The number of ether oxygens (including phenoxy) is 1. The first kappa shape index (κ1) is 27.6. The number of aliphatic hydroxyl groups is 1. The number of nitrogens with one attached hydrogen (secondary N) is 1. The van der Waals surface area contributed by atoms with E-state index in [2.05, 4.69) is 17.2 Å². The van der Waals surface area contributed by atoms with Gasteiger partial charge in [0.15, 0.2) is 0 Å². The summed E-state index contributed by atoms with van der Waals surface area (Å²) < 4.78 is 6.76. The number of carbonyl (C=O) groups is 3. The second-order valence-corrected chi connectivity index (χ2v) is 8.67. The van der Waals surface area contributed by atoms with Gasteiger partial charge in [-0.25, -0.2) is 14.6 Å². The molecule has 3 N–H and O–H groups in total. The van der Waals surface area contributed by atoms with Crippen molar-refractivity contribution in [2.75, 3.05) is 6.61 Å². The van der Waals surface area contributed by atoms with Gasteiger partial charge in [-0.15, -0.1) is 0 Å². The molecule has 1 heterocycles. The minimum atomic E-state index is -0.997. The molecule has 0 spiro atoms. The first-order chi connectivity index (χ1) is 17.8. The number of aliphatic hydroxyl groups excluding tert-OH is 1. The highest BCUT2D eigenvalue weighted by atomic mass is 16.5. The van der Waals surface area contributed by atoms with Crippen molar-refractivity contribution in [3.8, 4) is 11.1 Å². The maximum atomic E-state index is 13.2. The van der Waals surface area contributed by atoms with Gasteiger partial charge in [-0.1, -0.05) is 55.8 Å². The summed E-state index contributed by atoms with van der Waals surface area (Å²) >= 11 is 0. The van der Waals surface area contributed by atoms with Crippen molar-refractivity contribution in [3.63, 3.8) is 0 Å². The van der Waals surface area contributed by atoms with Gasteiger partial charge in [0.1, 0.15) is 17.6 Å². The van der Waals surface area contributed by atoms with Crippen LogP contribution in [0.5, 0.6) is 0 Å². The number of rotatable bonds is 12. The minimum Gasteiger partial charge on any atom is -0.478 e. The van der Waals surface area contributed by atoms with Gasteiger partial charge in [0.2, 0.25) is 0 Å². The van der Waals surface area contributed by atoms with Gasteiger partial charge in [-0.2, -0.15) is 0 Å². The normalized spacial score (nSPS) is 11.7. The van der Waals surface area contributed by atoms with E-state index in [0.29, 0.717) is 24.4 Å². The fourth-order valence-corrected chi connectivity index (χ4v) is 4.10. The number of unbranched alkanes of at least 4 members (excludes halogenated alkanes) is 1. The molecule has 196 valence electrons. The third kappa shape index (κ3) is 6.62. The number of carboxylic acids is 1. The monoisotopic (exact) mass is 507 g/mol. The lowest BCUT2D eigenvalue weighted by atomic mass is 9.98.